The zero-order valence-electron chi connectivity index (χ0n) is 15.1. The van der Waals surface area contributed by atoms with Crippen LogP contribution in [-0.4, -0.2) is 17.7 Å². The number of carboxylic acid groups (broad SMARTS) is 1. The first-order valence-electron chi connectivity index (χ1n) is 9.41. The average Bonchev–Trinajstić information content (AvgIpc) is 3.09. The second kappa shape index (κ2) is 10.5. The molecule has 0 aromatic heterocycles. The first kappa shape index (κ1) is 19.8. The van der Waals surface area contributed by atoms with E-state index in [1.54, 1.807) is 6.07 Å². The molecule has 1 saturated carbocycles. The molecular weight excluding hydrogens is 336 g/mol. The fraction of sp³-hybridized carbons (Fsp3) is 0.571. The Morgan fingerprint density at radius 3 is 2.72 bits per heavy atom. The summed E-state index contributed by atoms with van der Waals surface area (Å²) in [6.07, 6.45) is 11.7. The second-order valence-electron chi connectivity index (χ2n) is 6.91. The van der Waals surface area contributed by atoms with Crippen molar-refractivity contribution in [1.29, 1.82) is 0 Å². The molecule has 1 N–H and O–H groups in total. The summed E-state index contributed by atoms with van der Waals surface area (Å²) in [6.45, 7) is 2.82. The van der Waals surface area contributed by atoms with Crippen molar-refractivity contribution < 1.29 is 14.6 Å². The molecule has 0 saturated heterocycles. The van der Waals surface area contributed by atoms with Gasteiger partial charge in [0.15, 0.2) is 0 Å². The molecule has 0 heterocycles. The van der Waals surface area contributed by atoms with Crippen LogP contribution >= 0.6 is 11.6 Å². The number of rotatable bonds is 10. The van der Waals surface area contributed by atoms with E-state index in [0.29, 0.717) is 18.1 Å². The molecule has 1 aliphatic carbocycles. The molecule has 1 aromatic carbocycles. The highest BCUT2D eigenvalue weighted by Crippen LogP contribution is 2.29. The van der Waals surface area contributed by atoms with Crippen molar-refractivity contribution in [2.45, 2.75) is 64.7 Å². The molecule has 0 atom stereocenters. The number of ether oxygens (including phenoxy) is 1. The molecule has 25 heavy (non-hydrogen) atoms. The third kappa shape index (κ3) is 7.11. The highest BCUT2D eigenvalue weighted by atomic mass is 35.5. The summed E-state index contributed by atoms with van der Waals surface area (Å²) < 4.78 is 5.97. The number of carboxylic acids is 1. The van der Waals surface area contributed by atoms with Gasteiger partial charge in [0, 0.05) is 11.4 Å². The van der Waals surface area contributed by atoms with Gasteiger partial charge < -0.3 is 9.84 Å². The lowest BCUT2D eigenvalue weighted by Gasteiger charge is -2.13. The lowest BCUT2D eigenvalue weighted by Crippen LogP contribution is -2.04. The Bertz CT molecular complexity index is 589. The number of allylic oxidation sites excluding steroid dienone is 1. The Morgan fingerprint density at radius 1 is 1.32 bits per heavy atom. The monoisotopic (exact) mass is 364 g/mol. The third-order valence-electron chi connectivity index (χ3n) is 4.78. The summed E-state index contributed by atoms with van der Waals surface area (Å²) in [6, 6.07) is 5.55. The standard InChI is InChI=1S/C21H29ClO3/c1-2-3-6-17(13-16-7-4-5-8-16)15-25-19-11-9-18(20(22)14-19)10-12-21(23)24/h9,11,13-14,16H,2-8,10,12,15H2,1H3,(H,23,24)/b17-13+. The molecule has 2 rings (SSSR count). The number of aryl methyl sites for hydroxylation is 1. The number of halogens is 1. The third-order valence-corrected chi connectivity index (χ3v) is 5.13. The molecule has 4 heteroatoms. The summed E-state index contributed by atoms with van der Waals surface area (Å²) >= 11 is 6.26. The molecule has 138 valence electrons. The van der Waals surface area contributed by atoms with Gasteiger partial charge in [-0.2, -0.15) is 0 Å². The van der Waals surface area contributed by atoms with Crippen LogP contribution in [0.4, 0.5) is 0 Å². The molecule has 0 bridgehead atoms. The van der Waals surface area contributed by atoms with Gasteiger partial charge in [0.1, 0.15) is 12.4 Å². The van der Waals surface area contributed by atoms with Gasteiger partial charge >= 0.3 is 5.97 Å². The predicted octanol–water partition coefficient (Wildman–Crippen LogP) is 6.04. The maximum absolute atomic E-state index is 10.7. The Balaban J connectivity index is 1.94. The SMILES string of the molecule is CCCC/C(=C\C1CCCC1)COc1ccc(CCC(=O)O)c(Cl)c1. The number of benzene rings is 1. The lowest BCUT2D eigenvalue weighted by molar-refractivity contribution is -0.136. The molecule has 0 aliphatic heterocycles. The van der Waals surface area contributed by atoms with Gasteiger partial charge in [-0.3, -0.25) is 4.79 Å². The van der Waals surface area contributed by atoms with E-state index < -0.39 is 5.97 Å². The van der Waals surface area contributed by atoms with E-state index in [0.717, 1.165) is 23.7 Å². The van der Waals surface area contributed by atoms with Crippen LogP contribution in [0.3, 0.4) is 0 Å². The van der Waals surface area contributed by atoms with E-state index >= 15 is 0 Å². The van der Waals surface area contributed by atoms with E-state index in [-0.39, 0.29) is 6.42 Å². The van der Waals surface area contributed by atoms with E-state index in [2.05, 4.69) is 13.0 Å². The van der Waals surface area contributed by atoms with E-state index in [4.69, 9.17) is 21.4 Å². The van der Waals surface area contributed by atoms with Crippen LogP contribution in [0, 0.1) is 5.92 Å². The molecule has 3 nitrogen and oxygen atoms in total. The maximum atomic E-state index is 10.7. The van der Waals surface area contributed by atoms with Crippen molar-refractivity contribution in [3.8, 4) is 5.75 Å². The average molecular weight is 365 g/mol. The fourth-order valence-electron chi connectivity index (χ4n) is 3.30. The Morgan fingerprint density at radius 2 is 2.08 bits per heavy atom. The molecule has 0 amide bonds. The summed E-state index contributed by atoms with van der Waals surface area (Å²) in [5.41, 5.74) is 2.24. The van der Waals surface area contributed by atoms with Crippen LogP contribution in [-0.2, 0) is 11.2 Å². The molecule has 0 spiro atoms. The summed E-state index contributed by atoms with van der Waals surface area (Å²) in [4.78, 5) is 10.7. The Hall–Kier alpha value is -1.48. The van der Waals surface area contributed by atoms with Gasteiger partial charge in [0.05, 0.1) is 0 Å². The summed E-state index contributed by atoms with van der Waals surface area (Å²) in [7, 11) is 0. The second-order valence-corrected chi connectivity index (χ2v) is 7.32. The van der Waals surface area contributed by atoms with E-state index in [9.17, 15) is 4.79 Å². The zero-order chi connectivity index (χ0) is 18.1. The van der Waals surface area contributed by atoms with E-state index in [1.807, 2.05) is 12.1 Å². The molecule has 0 radical (unpaired) electrons. The van der Waals surface area contributed by atoms with Gasteiger partial charge in [0.25, 0.3) is 0 Å². The van der Waals surface area contributed by atoms with Crippen molar-refractivity contribution in [2.75, 3.05) is 6.61 Å². The first-order valence-corrected chi connectivity index (χ1v) is 9.79. The Kier molecular flexibility index (Phi) is 8.33. The van der Waals surface area contributed by atoms with Gasteiger partial charge in [-0.15, -0.1) is 0 Å². The number of carbonyl (C=O) groups is 1. The van der Waals surface area contributed by atoms with Crippen LogP contribution in [0.15, 0.2) is 29.8 Å². The van der Waals surface area contributed by atoms with Crippen molar-refractivity contribution in [3.63, 3.8) is 0 Å². The number of hydrogen-bond donors (Lipinski definition) is 1. The number of aliphatic carboxylic acids is 1. The largest absolute Gasteiger partial charge is 0.489 e. The van der Waals surface area contributed by atoms with Crippen molar-refractivity contribution >= 4 is 17.6 Å². The fourth-order valence-corrected chi connectivity index (χ4v) is 3.57. The Labute approximate surface area is 156 Å². The minimum Gasteiger partial charge on any atom is -0.489 e. The molecular formula is C21H29ClO3. The number of hydrogen-bond acceptors (Lipinski definition) is 2. The predicted molar refractivity (Wildman–Crippen MR) is 102 cm³/mol. The van der Waals surface area contributed by atoms with Crippen LogP contribution in [0.25, 0.3) is 0 Å². The lowest BCUT2D eigenvalue weighted by atomic mass is 10.0. The normalized spacial score (nSPS) is 15.5. The van der Waals surface area contributed by atoms with Gasteiger partial charge in [-0.05, 0) is 61.3 Å². The van der Waals surface area contributed by atoms with E-state index in [1.165, 1.54) is 44.1 Å². The first-order chi connectivity index (χ1) is 12.1. The quantitative estimate of drug-likeness (QED) is 0.514. The minimum absolute atomic E-state index is 0.0885. The molecule has 0 unspecified atom stereocenters. The van der Waals surface area contributed by atoms with Gasteiger partial charge in [0.2, 0.25) is 0 Å². The summed E-state index contributed by atoms with van der Waals surface area (Å²) in [5, 5.41) is 9.36. The van der Waals surface area contributed by atoms with Crippen LogP contribution in [0.5, 0.6) is 5.75 Å². The number of unbranched alkanes of at least 4 members (excludes halogenated alkanes) is 1. The summed E-state index contributed by atoms with van der Waals surface area (Å²) in [5.74, 6) is 0.657. The topological polar surface area (TPSA) is 46.5 Å². The van der Waals surface area contributed by atoms with Crippen LogP contribution < -0.4 is 4.74 Å². The highest BCUT2D eigenvalue weighted by molar-refractivity contribution is 6.31. The van der Waals surface area contributed by atoms with Crippen molar-refractivity contribution in [1.82, 2.24) is 0 Å². The van der Waals surface area contributed by atoms with Crippen LogP contribution in [0.2, 0.25) is 5.02 Å². The van der Waals surface area contributed by atoms with Gasteiger partial charge in [-0.25, -0.2) is 0 Å². The smallest absolute Gasteiger partial charge is 0.303 e. The van der Waals surface area contributed by atoms with Crippen molar-refractivity contribution in [2.24, 2.45) is 5.92 Å². The van der Waals surface area contributed by atoms with Crippen LogP contribution in [0.1, 0.15) is 63.9 Å². The highest BCUT2D eigenvalue weighted by Gasteiger charge is 2.14. The molecule has 1 fully saturated rings. The maximum Gasteiger partial charge on any atom is 0.303 e. The molecule has 1 aromatic rings. The van der Waals surface area contributed by atoms with Crippen molar-refractivity contribution in [3.05, 3.63) is 40.4 Å². The zero-order valence-corrected chi connectivity index (χ0v) is 15.9. The minimum atomic E-state index is -0.811. The molecule has 1 aliphatic rings. The van der Waals surface area contributed by atoms with Gasteiger partial charge in [-0.1, -0.05) is 49.9 Å².